The van der Waals surface area contributed by atoms with E-state index in [1.165, 1.54) is 21.3 Å². The lowest BCUT2D eigenvalue weighted by atomic mass is 10.1. The summed E-state index contributed by atoms with van der Waals surface area (Å²) in [5.41, 5.74) is 0.484. The van der Waals surface area contributed by atoms with E-state index in [1.807, 2.05) is 6.26 Å². The van der Waals surface area contributed by atoms with E-state index < -0.39 is 10.9 Å². The molecule has 1 amide bonds. The molecule has 1 aromatic heterocycles. The third-order valence-corrected chi connectivity index (χ3v) is 6.69. The Morgan fingerprint density at radius 1 is 1.10 bits per heavy atom. The quantitative estimate of drug-likeness (QED) is 0.511. The van der Waals surface area contributed by atoms with Crippen molar-refractivity contribution in [3.63, 3.8) is 0 Å². The zero-order valence-corrected chi connectivity index (χ0v) is 18.6. The van der Waals surface area contributed by atoms with Gasteiger partial charge in [0.05, 0.1) is 27.9 Å². The van der Waals surface area contributed by atoms with Gasteiger partial charge in [-0.3, -0.25) is 9.59 Å². The Balaban J connectivity index is 1.73. The van der Waals surface area contributed by atoms with Gasteiger partial charge in [-0.2, -0.15) is 0 Å². The number of H-pyrrole nitrogens is 1. The molecule has 164 valence electrons. The topological polar surface area (TPSA) is 113 Å². The fourth-order valence-corrected chi connectivity index (χ4v) is 4.65. The Bertz CT molecular complexity index is 1140. The SMILES string of the molecule is COc1cc(C(=O)NCC[S+](C)c2c([O-])c3ccccc3[nH]c2=O)cc(OC)c1OC. The van der Waals surface area contributed by atoms with Crippen molar-refractivity contribution in [3.8, 4) is 23.0 Å². The Kier molecular flexibility index (Phi) is 6.96. The summed E-state index contributed by atoms with van der Waals surface area (Å²) in [4.78, 5) is 28.0. The summed E-state index contributed by atoms with van der Waals surface area (Å²) in [6.07, 6.45) is 1.83. The van der Waals surface area contributed by atoms with Crippen LogP contribution in [-0.2, 0) is 10.9 Å². The molecule has 0 aliphatic carbocycles. The van der Waals surface area contributed by atoms with Crippen molar-refractivity contribution in [3.05, 3.63) is 52.3 Å². The van der Waals surface area contributed by atoms with Gasteiger partial charge in [0.1, 0.15) is 12.0 Å². The van der Waals surface area contributed by atoms with E-state index >= 15 is 0 Å². The van der Waals surface area contributed by atoms with Crippen molar-refractivity contribution in [2.24, 2.45) is 0 Å². The van der Waals surface area contributed by atoms with E-state index in [0.29, 0.717) is 46.0 Å². The third kappa shape index (κ3) is 4.56. The van der Waals surface area contributed by atoms with E-state index in [2.05, 4.69) is 10.3 Å². The summed E-state index contributed by atoms with van der Waals surface area (Å²) in [5.74, 6) is 1.01. The lowest BCUT2D eigenvalue weighted by molar-refractivity contribution is -0.270. The maximum Gasteiger partial charge on any atom is 0.303 e. The molecule has 0 saturated heterocycles. The minimum Gasteiger partial charge on any atom is -0.868 e. The van der Waals surface area contributed by atoms with Gasteiger partial charge >= 0.3 is 5.56 Å². The zero-order valence-electron chi connectivity index (χ0n) is 17.7. The highest BCUT2D eigenvalue weighted by Gasteiger charge is 2.23. The average Bonchev–Trinajstić information content (AvgIpc) is 2.77. The van der Waals surface area contributed by atoms with Crippen molar-refractivity contribution in [2.45, 2.75) is 4.90 Å². The van der Waals surface area contributed by atoms with E-state index in [-0.39, 0.29) is 22.1 Å². The van der Waals surface area contributed by atoms with Crippen molar-refractivity contribution in [1.82, 2.24) is 10.3 Å². The molecule has 0 aliphatic heterocycles. The van der Waals surface area contributed by atoms with Gasteiger partial charge in [-0.15, -0.1) is 0 Å². The van der Waals surface area contributed by atoms with Gasteiger partial charge in [-0.25, -0.2) is 0 Å². The third-order valence-electron chi connectivity index (χ3n) is 4.80. The summed E-state index contributed by atoms with van der Waals surface area (Å²) in [7, 11) is 3.80. The van der Waals surface area contributed by atoms with Gasteiger partial charge in [0, 0.05) is 22.0 Å². The van der Waals surface area contributed by atoms with Gasteiger partial charge in [0.25, 0.3) is 5.91 Å². The number of benzene rings is 2. The van der Waals surface area contributed by atoms with Crippen LogP contribution in [0.1, 0.15) is 10.4 Å². The second kappa shape index (κ2) is 9.65. The van der Waals surface area contributed by atoms with Crippen LogP contribution >= 0.6 is 0 Å². The highest BCUT2D eigenvalue weighted by molar-refractivity contribution is 7.96. The van der Waals surface area contributed by atoms with Crippen molar-refractivity contribution < 1.29 is 24.1 Å². The molecule has 1 atom stereocenters. The Labute approximate surface area is 182 Å². The lowest BCUT2D eigenvalue weighted by Crippen LogP contribution is -2.31. The molecule has 2 N–H and O–H groups in total. The van der Waals surface area contributed by atoms with Gasteiger partial charge < -0.3 is 29.6 Å². The van der Waals surface area contributed by atoms with Gasteiger partial charge in [-0.05, 0) is 29.3 Å². The van der Waals surface area contributed by atoms with Crippen LogP contribution in [0.25, 0.3) is 10.9 Å². The molecular formula is C22H24N2O6S. The number of hydrogen-bond donors (Lipinski definition) is 2. The van der Waals surface area contributed by atoms with Crippen LogP contribution in [0.2, 0.25) is 0 Å². The van der Waals surface area contributed by atoms with Gasteiger partial charge in [0.15, 0.2) is 11.5 Å². The number of aromatic amines is 1. The number of ether oxygens (including phenoxy) is 3. The number of nitrogens with one attached hydrogen (secondary N) is 2. The smallest absolute Gasteiger partial charge is 0.303 e. The van der Waals surface area contributed by atoms with Crippen LogP contribution in [0.4, 0.5) is 0 Å². The number of methoxy groups -OCH3 is 3. The molecule has 0 saturated carbocycles. The van der Waals surface area contributed by atoms with E-state index in [9.17, 15) is 14.7 Å². The summed E-state index contributed by atoms with van der Waals surface area (Å²) < 4.78 is 15.8. The minimum absolute atomic E-state index is 0.223. The molecule has 1 heterocycles. The Hall–Kier alpha value is -3.33. The van der Waals surface area contributed by atoms with Crippen LogP contribution in [-0.4, -0.2) is 50.8 Å². The first-order valence-corrected chi connectivity index (χ1v) is 11.2. The maximum atomic E-state index is 12.8. The fraction of sp³-hybridized carbons (Fsp3) is 0.273. The number of rotatable bonds is 8. The standard InChI is InChI=1S/C22H24N2O6S/c1-28-16-11-13(12-17(29-2)19(16)30-3)21(26)23-9-10-31(4)20-18(25)14-7-5-6-8-15(14)24-22(20)27/h5-8,11-12H,9-10H2,1-4H3,(H2-,23,24,25,26,27). The number of carbonyl (C=O) groups is 1. The van der Waals surface area contributed by atoms with E-state index in [0.717, 1.165) is 0 Å². The van der Waals surface area contributed by atoms with E-state index in [4.69, 9.17) is 14.2 Å². The monoisotopic (exact) mass is 444 g/mol. The molecule has 0 fully saturated rings. The molecule has 1 unspecified atom stereocenters. The van der Waals surface area contributed by atoms with Crippen molar-refractivity contribution >= 4 is 27.7 Å². The zero-order chi connectivity index (χ0) is 22.5. The summed E-state index contributed by atoms with van der Waals surface area (Å²) in [5, 5.41) is 16.1. The first-order chi connectivity index (χ1) is 14.9. The molecule has 0 aliphatic rings. The number of aromatic nitrogens is 1. The Morgan fingerprint density at radius 2 is 1.74 bits per heavy atom. The first-order valence-electron chi connectivity index (χ1n) is 9.44. The maximum absolute atomic E-state index is 12.8. The van der Waals surface area contributed by atoms with Gasteiger partial charge in [-0.1, -0.05) is 18.2 Å². The molecule has 0 spiro atoms. The molecule has 0 radical (unpaired) electrons. The lowest BCUT2D eigenvalue weighted by Gasteiger charge is -2.15. The van der Waals surface area contributed by atoms with Crippen molar-refractivity contribution in [2.75, 3.05) is 39.9 Å². The van der Waals surface area contributed by atoms with Crippen LogP contribution in [0.3, 0.4) is 0 Å². The van der Waals surface area contributed by atoms with Crippen molar-refractivity contribution in [1.29, 1.82) is 0 Å². The predicted octanol–water partition coefficient (Wildman–Crippen LogP) is 1.66. The molecule has 8 nitrogen and oxygen atoms in total. The molecule has 2 aromatic carbocycles. The largest absolute Gasteiger partial charge is 0.868 e. The number of amides is 1. The second-order valence-corrected chi connectivity index (χ2v) is 8.76. The second-order valence-electron chi connectivity index (χ2n) is 6.67. The molecule has 3 aromatic rings. The number of fused-ring (bicyclic) bond motifs is 1. The van der Waals surface area contributed by atoms with E-state index in [1.54, 1.807) is 36.4 Å². The summed E-state index contributed by atoms with van der Waals surface area (Å²) >= 11 is 0. The first kappa shape index (κ1) is 22.4. The number of hydrogen-bond acceptors (Lipinski definition) is 6. The molecule has 31 heavy (non-hydrogen) atoms. The normalized spacial score (nSPS) is 11.7. The average molecular weight is 445 g/mol. The Morgan fingerprint density at radius 3 is 2.35 bits per heavy atom. The summed E-state index contributed by atoms with van der Waals surface area (Å²) in [6.45, 7) is 0.292. The fourth-order valence-electron chi connectivity index (χ4n) is 3.25. The number of carbonyl (C=O) groups excluding carboxylic acids is 1. The molecule has 9 heteroatoms. The van der Waals surface area contributed by atoms with Crippen LogP contribution in [0.15, 0.2) is 46.1 Å². The van der Waals surface area contributed by atoms with Crippen LogP contribution in [0, 0.1) is 0 Å². The number of pyridine rings is 1. The predicted molar refractivity (Wildman–Crippen MR) is 119 cm³/mol. The van der Waals surface area contributed by atoms with Gasteiger partial charge in [0.2, 0.25) is 10.6 Å². The molecule has 3 rings (SSSR count). The number of para-hydroxylation sites is 1. The van der Waals surface area contributed by atoms with Crippen LogP contribution in [0.5, 0.6) is 23.0 Å². The highest BCUT2D eigenvalue weighted by Crippen LogP contribution is 2.38. The minimum atomic E-state index is -0.643. The summed E-state index contributed by atoms with van der Waals surface area (Å²) in [6, 6.07) is 10.0. The molecule has 0 bridgehead atoms. The van der Waals surface area contributed by atoms with Crippen LogP contribution < -0.4 is 30.2 Å². The highest BCUT2D eigenvalue weighted by atomic mass is 32.2. The molecular weight excluding hydrogens is 420 g/mol.